The second-order valence-electron chi connectivity index (χ2n) is 6.66. The standard InChI is InChI=1S/C17H23N3O/c21-17(19-16-11-20-7-5-12(16)6-8-20)15-9-13-3-1-2-4-14(13)10-18-15/h1-4,12,15-16,18H,5-11H2,(H,19,21)/t15-,16?/m0/s1. The van der Waals surface area contributed by atoms with Gasteiger partial charge in [0.15, 0.2) is 0 Å². The Bertz CT molecular complexity index is 537. The Kier molecular flexibility index (Phi) is 3.43. The van der Waals surface area contributed by atoms with Gasteiger partial charge in [0.2, 0.25) is 5.91 Å². The third-order valence-corrected chi connectivity index (χ3v) is 5.38. The van der Waals surface area contributed by atoms with Crippen LogP contribution in [0.5, 0.6) is 0 Å². The van der Waals surface area contributed by atoms with Crippen molar-refractivity contribution in [2.45, 2.75) is 37.9 Å². The van der Waals surface area contributed by atoms with Gasteiger partial charge in [-0.1, -0.05) is 24.3 Å². The van der Waals surface area contributed by atoms with Crippen LogP contribution in [-0.2, 0) is 17.8 Å². The third-order valence-electron chi connectivity index (χ3n) is 5.38. The third kappa shape index (κ3) is 2.58. The van der Waals surface area contributed by atoms with Gasteiger partial charge in [0, 0.05) is 19.1 Å². The van der Waals surface area contributed by atoms with Crippen LogP contribution in [0.4, 0.5) is 0 Å². The van der Waals surface area contributed by atoms with E-state index in [-0.39, 0.29) is 11.9 Å². The molecule has 1 aromatic carbocycles. The molecule has 4 aliphatic rings. The topological polar surface area (TPSA) is 44.4 Å². The normalized spacial score (nSPS) is 34.3. The van der Waals surface area contributed by atoms with Gasteiger partial charge in [0.1, 0.15) is 0 Å². The van der Waals surface area contributed by atoms with Crippen molar-refractivity contribution in [1.82, 2.24) is 15.5 Å². The number of amides is 1. The lowest BCUT2D eigenvalue weighted by molar-refractivity contribution is -0.125. The Labute approximate surface area is 125 Å². The van der Waals surface area contributed by atoms with E-state index in [1.54, 1.807) is 0 Å². The average Bonchev–Trinajstić information content (AvgIpc) is 2.55. The zero-order chi connectivity index (χ0) is 14.2. The molecule has 4 heteroatoms. The van der Waals surface area contributed by atoms with Gasteiger partial charge in [-0.3, -0.25) is 4.79 Å². The first-order valence-corrected chi connectivity index (χ1v) is 8.12. The number of hydrogen-bond acceptors (Lipinski definition) is 3. The maximum absolute atomic E-state index is 12.6. The Morgan fingerprint density at radius 2 is 1.95 bits per heavy atom. The molecule has 5 rings (SSSR count). The van der Waals surface area contributed by atoms with E-state index in [4.69, 9.17) is 0 Å². The van der Waals surface area contributed by atoms with E-state index >= 15 is 0 Å². The number of carbonyl (C=O) groups excluding carboxylic acids is 1. The first-order chi connectivity index (χ1) is 10.3. The highest BCUT2D eigenvalue weighted by Gasteiger charge is 2.36. The summed E-state index contributed by atoms with van der Waals surface area (Å²) in [7, 11) is 0. The number of carbonyl (C=O) groups is 1. The molecular formula is C17H23N3O. The molecule has 4 nitrogen and oxygen atoms in total. The summed E-state index contributed by atoms with van der Waals surface area (Å²) in [6, 6.07) is 8.70. The van der Waals surface area contributed by atoms with Crippen molar-refractivity contribution in [3.05, 3.63) is 35.4 Å². The molecule has 3 fully saturated rings. The molecule has 2 atom stereocenters. The van der Waals surface area contributed by atoms with Crippen molar-refractivity contribution in [3.8, 4) is 0 Å². The van der Waals surface area contributed by atoms with Crippen molar-refractivity contribution in [2.24, 2.45) is 5.92 Å². The van der Waals surface area contributed by atoms with Crippen LogP contribution in [0.2, 0.25) is 0 Å². The Morgan fingerprint density at radius 1 is 1.19 bits per heavy atom. The molecule has 2 bridgehead atoms. The van der Waals surface area contributed by atoms with Gasteiger partial charge in [0.05, 0.1) is 6.04 Å². The molecule has 0 spiro atoms. The Morgan fingerprint density at radius 3 is 2.67 bits per heavy atom. The lowest BCUT2D eigenvalue weighted by atomic mass is 9.83. The molecule has 21 heavy (non-hydrogen) atoms. The summed E-state index contributed by atoms with van der Waals surface area (Å²) in [6.07, 6.45) is 3.29. The fourth-order valence-electron chi connectivity index (χ4n) is 4.05. The lowest BCUT2D eigenvalue weighted by Crippen LogP contribution is -2.60. The number of hydrogen-bond donors (Lipinski definition) is 2. The van der Waals surface area contributed by atoms with Crippen LogP contribution in [0.1, 0.15) is 24.0 Å². The van der Waals surface area contributed by atoms with Gasteiger partial charge in [-0.05, 0) is 49.4 Å². The highest BCUT2D eigenvalue weighted by molar-refractivity contribution is 5.82. The average molecular weight is 285 g/mol. The molecular weight excluding hydrogens is 262 g/mol. The Balaban J connectivity index is 1.40. The SMILES string of the molecule is O=C(NC1CN2CCC1CC2)[C@@H]1Cc2ccccc2CN1. The fraction of sp³-hybridized carbons (Fsp3) is 0.588. The van der Waals surface area contributed by atoms with Crippen LogP contribution in [-0.4, -0.2) is 42.5 Å². The minimum atomic E-state index is -0.0737. The molecule has 1 amide bonds. The number of piperidine rings is 3. The molecule has 4 aliphatic heterocycles. The number of rotatable bonds is 2. The van der Waals surface area contributed by atoms with Crippen molar-refractivity contribution >= 4 is 5.91 Å². The van der Waals surface area contributed by atoms with Crippen LogP contribution in [0.25, 0.3) is 0 Å². The molecule has 4 heterocycles. The predicted octanol–water partition coefficient (Wildman–Crippen LogP) is 0.911. The molecule has 2 N–H and O–H groups in total. The van der Waals surface area contributed by atoms with Crippen LogP contribution < -0.4 is 10.6 Å². The van der Waals surface area contributed by atoms with E-state index in [2.05, 4.69) is 39.8 Å². The summed E-state index contributed by atoms with van der Waals surface area (Å²) in [5.41, 5.74) is 2.63. The monoisotopic (exact) mass is 285 g/mol. The summed E-state index contributed by atoms with van der Waals surface area (Å²) in [5, 5.41) is 6.69. The Hall–Kier alpha value is -1.39. The highest BCUT2D eigenvalue weighted by Crippen LogP contribution is 2.27. The number of nitrogens with one attached hydrogen (secondary N) is 2. The van der Waals surface area contributed by atoms with Gasteiger partial charge in [-0.2, -0.15) is 0 Å². The van der Waals surface area contributed by atoms with Gasteiger partial charge >= 0.3 is 0 Å². The maximum Gasteiger partial charge on any atom is 0.237 e. The molecule has 0 saturated carbocycles. The first kappa shape index (κ1) is 13.3. The van der Waals surface area contributed by atoms with E-state index in [1.807, 2.05) is 0 Å². The van der Waals surface area contributed by atoms with E-state index in [0.717, 1.165) is 19.5 Å². The minimum Gasteiger partial charge on any atom is -0.350 e. The molecule has 0 aliphatic carbocycles. The maximum atomic E-state index is 12.6. The molecule has 0 aromatic heterocycles. The molecule has 1 aromatic rings. The van der Waals surface area contributed by atoms with Crippen LogP contribution in [0, 0.1) is 5.92 Å². The molecule has 112 valence electrons. The first-order valence-electron chi connectivity index (χ1n) is 8.12. The lowest BCUT2D eigenvalue weighted by Gasteiger charge is -2.45. The van der Waals surface area contributed by atoms with E-state index in [9.17, 15) is 4.79 Å². The summed E-state index contributed by atoms with van der Waals surface area (Å²) in [5.74, 6) is 0.873. The quantitative estimate of drug-likeness (QED) is 0.849. The van der Waals surface area contributed by atoms with Crippen LogP contribution >= 0.6 is 0 Å². The number of nitrogens with zero attached hydrogens (tertiary/aromatic N) is 1. The summed E-state index contributed by atoms with van der Waals surface area (Å²) in [6.45, 7) is 4.27. The van der Waals surface area contributed by atoms with Crippen molar-refractivity contribution in [2.75, 3.05) is 19.6 Å². The largest absolute Gasteiger partial charge is 0.350 e. The van der Waals surface area contributed by atoms with Crippen molar-refractivity contribution in [1.29, 1.82) is 0 Å². The van der Waals surface area contributed by atoms with Crippen molar-refractivity contribution in [3.63, 3.8) is 0 Å². The smallest absolute Gasteiger partial charge is 0.237 e. The van der Waals surface area contributed by atoms with Crippen LogP contribution in [0.15, 0.2) is 24.3 Å². The second-order valence-corrected chi connectivity index (χ2v) is 6.66. The molecule has 0 radical (unpaired) electrons. The summed E-state index contributed by atoms with van der Waals surface area (Å²) in [4.78, 5) is 15.0. The summed E-state index contributed by atoms with van der Waals surface area (Å²) >= 11 is 0. The van der Waals surface area contributed by atoms with Gasteiger partial charge < -0.3 is 15.5 Å². The van der Waals surface area contributed by atoms with Gasteiger partial charge in [0.25, 0.3) is 0 Å². The fourth-order valence-corrected chi connectivity index (χ4v) is 4.05. The minimum absolute atomic E-state index is 0.0737. The van der Waals surface area contributed by atoms with E-state index < -0.39 is 0 Å². The summed E-state index contributed by atoms with van der Waals surface area (Å²) < 4.78 is 0. The van der Waals surface area contributed by atoms with E-state index in [0.29, 0.717) is 12.0 Å². The zero-order valence-corrected chi connectivity index (χ0v) is 12.3. The zero-order valence-electron chi connectivity index (χ0n) is 12.3. The highest BCUT2D eigenvalue weighted by atomic mass is 16.2. The van der Waals surface area contributed by atoms with Crippen molar-refractivity contribution < 1.29 is 4.79 Å². The second kappa shape index (κ2) is 5.43. The molecule has 3 saturated heterocycles. The number of fused-ring (bicyclic) bond motifs is 4. The number of benzene rings is 1. The van der Waals surface area contributed by atoms with Crippen LogP contribution in [0.3, 0.4) is 0 Å². The molecule has 1 unspecified atom stereocenters. The van der Waals surface area contributed by atoms with E-state index in [1.165, 1.54) is 37.1 Å². The van der Waals surface area contributed by atoms with Gasteiger partial charge in [-0.15, -0.1) is 0 Å². The van der Waals surface area contributed by atoms with Gasteiger partial charge in [-0.25, -0.2) is 0 Å². The predicted molar refractivity (Wildman–Crippen MR) is 81.9 cm³/mol.